The van der Waals surface area contributed by atoms with Crippen molar-refractivity contribution in [3.05, 3.63) is 62.0 Å². The van der Waals surface area contributed by atoms with Gasteiger partial charge in [-0.25, -0.2) is 0 Å². The lowest BCUT2D eigenvalue weighted by atomic mass is 10.1. The van der Waals surface area contributed by atoms with Crippen LogP contribution >= 0.6 is 31.9 Å². The highest BCUT2D eigenvalue weighted by atomic mass is 79.9. The number of amides is 1. The molecule has 3 nitrogen and oxygen atoms in total. The Kier molecular flexibility index (Phi) is 6.17. The van der Waals surface area contributed by atoms with Crippen LogP contribution in [0.25, 0.3) is 0 Å². The average molecular weight is 426 g/mol. The van der Waals surface area contributed by atoms with Gasteiger partial charge >= 0.3 is 0 Å². The molecule has 0 saturated heterocycles. The Balaban J connectivity index is 1.87. The number of benzene rings is 2. The standard InChI is InChI=1S/C17H18Br2N2O/c1-11-3-5-13(6-4-11)9-20-10-16(22)21-17-12(2)7-14(18)8-15(17)19/h3-8,20H,9-10H2,1-2H3,(H,21,22). The van der Waals surface area contributed by atoms with Gasteiger partial charge in [-0.2, -0.15) is 0 Å². The molecule has 2 N–H and O–H groups in total. The number of aryl methyl sites for hydroxylation is 2. The summed E-state index contributed by atoms with van der Waals surface area (Å²) >= 11 is 6.90. The van der Waals surface area contributed by atoms with Crippen LogP contribution in [0.2, 0.25) is 0 Å². The molecule has 0 aliphatic carbocycles. The molecule has 0 spiro atoms. The van der Waals surface area contributed by atoms with Crippen LogP contribution in [-0.2, 0) is 11.3 Å². The molecule has 0 radical (unpaired) electrons. The Morgan fingerprint density at radius 3 is 2.41 bits per heavy atom. The molecule has 0 fully saturated rings. The monoisotopic (exact) mass is 424 g/mol. The van der Waals surface area contributed by atoms with Crippen LogP contribution in [-0.4, -0.2) is 12.5 Å². The summed E-state index contributed by atoms with van der Waals surface area (Å²) in [4.78, 5) is 12.0. The van der Waals surface area contributed by atoms with Gasteiger partial charge in [-0.1, -0.05) is 45.8 Å². The van der Waals surface area contributed by atoms with E-state index < -0.39 is 0 Å². The average Bonchev–Trinajstić information content (AvgIpc) is 2.45. The third kappa shape index (κ3) is 4.93. The van der Waals surface area contributed by atoms with Gasteiger partial charge in [-0.3, -0.25) is 4.79 Å². The Labute approximate surface area is 147 Å². The number of carbonyl (C=O) groups is 1. The van der Waals surface area contributed by atoms with Crippen molar-refractivity contribution < 1.29 is 4.79 Å². The molecule has 22 heavy (non-hydrogen) atoms. The second kappa shape index (κ2) is 7.90. The lowest BCUT2D eigenvalue weighted by Crippen LogP contribution is -2.28. The zero-order valence-electron chi connectivity index (χ0n) is 12.5. The van der Waals surface area contributed by atoms with Crippen LogP contribution in [0, 0.1) is 13.8 Å². The number of nitrogens with one attached hydrogen (secondary N) is 2. The molecule has 0 atom stereocenters. The highest BCUT2D eigenvalue weighted by Gasteiger charge is 2.09. The summed E-state index contributed by atoms with van der Waals surface area (Å²) in [5.41, 5.74) is 4.22. The third-order valence-corrected chi connectivity index (χ3v) is 4.34. The highest BCUT2D eigenvalue weighted by Crippen LogP contribution is 2.30. The summed E-state index contributed by atoms with van der Waals surface area (Å²) in [6.45, 7) is 4.97. The summed E-state index contributed by atoms with van der Waals surface area (Å²) in [7, 11) is 0. The van der Waals surface area contributed by atoms with Crippen LogP contribution < -0.4 is 10.6 Å². The third-order valence-electron chi connectivity index (χ3n) is 3.25. The van der Waals surface area contributed by atoms with Crippen molar-refractivity contribution in [3.63, 3.8) is 0 Å². The van der Waals surface area contributed by atoms with Gasteiger partial charge in [0.25, 0.3) is 0 Å². The van der Waals surface area contributed by atoms with E-state index >= 15 is 0 Å². The number of hydrogen-bond donors (Lipinski definition) is 2. The van der Waals surface area contributed by atoms with E-state index in [1.165, 1.54) is 11.1 Å². The first-order valence-corrected chi connectivity index (χ1v) is 8.56. The van der Waals surface area contributed by atoms with E-state index in [4.69, 9.17) is 0 Å². The van der Waals surface area contributed by atoms with E-state index in [9.17, 15) is 4.79 Å². The van der Waals surface area contributed by atoms with E-state index in [2.05, 4.69) is 73.7 Å². The van der Waals surface area contributed by atoms with Crippen molar-refractivity contribution in [2.45, 2.75) is 20.4 Å². The molecule has 0 heterocycles. The first-order chi connectivity index (χ1) is 10.5. The van der Waals surface area contributed by atoms with E-state index in [0.29, 0.717) is 6.54 Å². The topological polar surface area (TPSA) is 41.1 Å². The van der Waals surface area contributed by atoms with Crippen molar-refractivity contribution >= 4 is 43.5 Å². The van der Waals surface area contributed by atoms with E-state index in [0.717, 1.165) is 20.2 Å². The fraction of sp³-hybridized carbons (Fsp3) is 0.235. The van der Waals surface area contributed by atoms with Gasteiger partial charge in [0.15, 0.2) is 0 Å². The molecule has 0 aliphatic heterocycles. The second-order valence-electron chi connectivity index (χ2n) is 5.22. The summed E-state index contributed by atoms with van der Waals surface area (Å²) in [6.07, 6.45) is 0. The van der Waals surface area contributed by atoms with Gasteiger partial charge in [-0.15, -0.1) is 0 Å². The first kappa shape index (κ1) is 17.2. The Morgan fingerprint density at radius 2 is 1.77 bits per heavy atom. The van der Waals surface area contributed by atoms with E-state index in [1.807, 2.05) is 19.1 Å². The molecule has 0 bridgehead atoms. The smallest absolute Gasteiger partial charge is 0.238 e. The van der Waals surface area contributed by atoms with Gasteiger partial charge < -0.3 is 10.6 Å². The molecule has 0 unspecified atom stereocenters. The molecule has 5 heteroatoms. The SMILES string of the molecule is Cc1ccc(CNCC(=O)Nc2c(C)cc(Br)cc2Br)cc1. The minimum Gasteiger partial charge on any atom is -0.324 e. The molecule has 0 saturated carbocycles. The van der Waals surface area contributed by atoms with Crippen molar-refractivity contribution in [1.82, 2.24) is 5.32 Å². The largest absolute Gasteiger partial charge is 0.324 e. The molecule has 2 aromatic carbocycles. The highest BCUT2D eigenvalue weighted by molar-refractivity contribution is 9.11. The fourth-order valence-electron chi connectivity index (χ4n) is 2.07. The predicted octanol–water partition coefficient (Wildman–Crippen LogP) is 4.56. The van der Waals surface area contributed by atoms with Crippen molar-refractivity contribution in [3.8, 4) is 0 Å². The van der Waals surface area contributed by atoms with Crippen LogP contribution in [0.1, 0.15) is 16.7 Å². The molecule has 0 aromatic heterocycles. The normalized spacial score (nSPS) is 10.5. The molecular weight excluding hydrogens is 408 g/mol. The van der Waals surface area contributed by atoms with Gasteiger partial charge in [0.1, 0.15) is 0 Å². The van der Waals surface area contributed by atoms with Crippen LogP contribution in [0.3, 0.4) is 0 Å². The molecule has 116 valence electrons. The van der Waals surface area contributed by atoms with Crippen molar-refractivity contribution in [2.75, 3.05) is 11.9 Å². The minimum atomic E-state index is -0.0572. The number of rotatable bonds is 5. The van der Waals surface area contributed by atoms with Crippen LogP contribution in [0.5, 0.6) is 0 Å². The maximum Gasteiger partial charge on any atom is 0.238 e. The van der Waals surface area contributed by atoms with Crippen LogP contribution in [0.4, 0.5) is 5.69 Å². The second-order valence-corrected chi connectivity index (χ2v) is 6.99. The zero-order valence-corrected chi connectivity index (χ0v) is 15.7. The molecule has 1 amide bonds. The number of hydrogen-bond acceptors (Lipinski definition) is 2. The fourth-order valence-corrected chi connectivity index (χ4v) is 3.61. The molecule has 0 aliphatic rings. The molecular formula is C17H18Br2N2O. The lowest BCUT2D eigenvalue weighted by Gasteiger charge is -2.12. The molecule has 2 aromatic rings. The van der Waals surface area contributed by atoms with Gasteiger partial charge in [-0.05, 0) is 53.0 Å². The van der Waals surface area contributed by atoms with Gasteiger partial charge in [0, 0.05) is 15.5 Å². The summed E-state index contributed by atoms with van der Waals surface area (Å²) in [6, 6.07) is 12.2. The maximum atomic E-state index is 12.0. The summed E-state index contributed by atoms with van der Waals surface area (Å²) in [5, 5.41) is 6.09. The first-order valence-electron chi connectivity index (χ1n) is 6.97. The Morgan fingerprint density at radius 1 is 1.09 bits per heavy atom. The van der Waals surface area contributed by atoms with Gasteiger partial charge in [0.05, 0.1) is 12.2 Å². The summed E-state index contributed by atoms with van der Waals surface area (Å²) < 4.78 is 1.85. The Hall–Kier alpha value is -1.17. The number of carbonyl (C=O) groups excluding carboxylic acids is 1. The predicted molar refractivity (Wildman–Crippen MR) is 98.1 cm³/mol. The zero-order chi connectivity index (χ0) is 16.1. The van der Waals surface area contributed by atoms with Crippen molar-refractivity contribution in [1.29, 1.82) is 0 Å². The van der Waals surface area contributed by atoms with E-state index in [-0.39, 0.29) is 12.5 Å². The maximum absolute atomic E-state index is 12.0. The minimum absolute atomic E-state index is 0.0572. The van der Waals surface area contributed by atoms with Crippen LogP contribution in [0.15, 0.2) is 45.3 Å². The van der Waals surface area contributed by atoms with E-state index in [1.54, 1.807) is 0 Å². The molecule has 2 rings (SSSR count). The number of halogens is 2. The lowest BCUT2D eigenvalue weighted by molar-refractivity contribution is -0.115. The van der Waals surface area contributed by atoms with Gasteiger partial charge in [0.2, 0.25) is 5.91 Å². The van der Waals surface area contributed by atoms with Crippen molar-refractivity contribution in [2.24, 2.45) is 0 Å². The summed E-state index contributed by atoms with van der Waals surface area (Å²) in [5.74, 6) is -0.0572. The number of anilines is 1. The quantitative estimate of drug-likeness (QED) is 0.737. The Bertz CT molecular complexity index is 646.